The smallest absolute Gasteiger partial charge is 0.236 e. The zero-order valence-corrected chi connectivity index (χ0v) is 16.0. The van der Waals surface area contributed by atoms with Crippen LogP contribution >= 0.6 is 0 Å². The topological polar surface area (TPSA) is 43.9 Å². The first-order chi connectivity index (χ1) is 11.3. The number of carbonyl (C=O) groups excluding carboxylic acids is 2. The van der Waals surface area contributed by atoms with E-state index in [2.05, 4.69) is 4.90 Å². The zero-order valence-electron chi connectivity index (χ0n) is 16.0. The van der Waals surface area contributed by atoms with Gasteiger partial charge in [-0.1, -0.05) is 40.0 Å². The second kappa shape index (κ2) is 8.32. The van der Waals surface area contributed by atoms with Gasteiger partial charge in [0.15, 0.2) is 0 Å². The molecule has 1 saturated carbocycles. The van der Waals surface area contributed by atoms with Gasteiger partial charge in [-0.15, -0.1) is 0 Å². The second-order valence-electron chi connectivity index (χ2n) is 8.60. The van der Waals surface area contributed by atoms with Crippen LogP contribution in [-0.2, 0) is 9.59 Å². The molecule has 24 heavy (non-hydrogen) atoms. The lowest BCUT2D eigenvalue weighted by atomic mass is 9.89. The summed E-state index contributed by atoms with van der Waals surface area (Å²) in [6, 6.07) is 0. The van der Waals surface area contributed by atoms with Gasteiger partial charge in [0.25, 0.3) is 0 Å². The lowest BCUT2D eigenvalue weighted by molar-refractivity contribution is -0.141. The predicted molar refractivity (Wildman–Crippen MR) is 96.7 cm³/mol. The van der Waals surface area contributed by atoms with Gasteiger partial charge >= 0.3 is 0 Å². The molecule has 1 heterocycles. The Morgan fingerprint density at radius 2 is 1.58 bits per heavy atom. The number of amides is 2. The summed E-state index contributed by atoms with van der Waals surface area (Å²) in [5, 5.41) is 0. The van der Waals surface area contributed by atoms with Gasteiger partial charge in [-0.3, -0.25) is 14.5 Å². The molecule has 0 bridgehead atoms. The number of nitrogens with zero attached hydrogens (tertiary/aromatic N) is 3. The largest absolute Gasteiger partial charge is 0.344 e. The Morgan fingerprint density at radius 1 is 1.00 bits per heavy atom. The molecule has 1 aliphatic carbocycles. The maximum Gasteiger partial charge on any atom is 0.236 e. The van der Waals surface area contributed by atoms with Gasteiger partial charge < -0.3 is 9.80 Å². The summed E-state index contributed by atoms with van der Waals surface area (Å²) in [5.41, 5.74) is -0.321. The van der Waals surface area contributed by atoms with Crippen molar-refractivity contribution in [2.24, 2.45) is 11.3 Å². The van der Waals surface area contributed by atoms with Gasteiger partial charge in [-0.05, 0) is 18.8 Å². The molecule has 2 rings (SSSR count). The predicted octanol–water partition coefficient (Wildman–Crippen LogP) is 2.22. The van der Waals surface area contributed by atoms with E-state index in [9.17, 15) is 9.59 Å². The fourth-order valence-electron chi connectivity index (χ4n) is 3.75. The highest BCUT2D eigenvalue weighted by atomic mass is 16.2. The minimum absolute atomic E-state index is 0.211. The highest BCUT2D eigenvalue weighted by Gasteiger charge is 2.30. The maximum absolute atomic E-state index is 12.5. The van der Waals surface area contributed by atoms with E-state index in [4.69, 9.17) is 0 Å². The van der Waals surface area contributed by atoms with E-state index in [1.807, 2.05) is 37.6 Å². The molecule has 0 spiro atoms. The van der Waals surface area contributed by atoms with Crippen molar-refractivity contribution >= 4 is 11.8 Å². The van der Waals surface area contributed by atoms with Crippen LogP contribution in [0, 0.1) is 11.3 Å². The lowest BCUT2D eigenvalue weighted by Gasteiger charge is -2.38. The summed E-state index contributed by atoms with van der Waals surface area (Å²) < 4.78 is 0. The molecule has 5 heteroatoms. The Bertz CT molecular complexity index is 430. The molecular weight excluding hydrogens is 302 g/mol. The summed E-state index contributed by atoms with van der Waals surface area (Å²) in [4.78, 5) is 30.8. The molecule has 138 valence electrons. The Labute approximate surface area is 147 Å². The van der Waals surface area contributed by atoms with Crippen molar-refractivity contribution < 1.29 is 9.59 Å². The van der Waals surface area contributed by atoms with E-state index >= 15 is 0 Å². The van der Waals surface area contributed by atoms with E-state index in [0.717, 1.165) is 32.7 Å². The van der Waals surface area contributed by atoms with Crippen molar-refractivity contribution in [2.75, 3.05) is 46.3 Å². The minimum Gasteiger partial charge on any atom is -0.344 e. The summed E-state index contributed by atoms with van der Waals surface area (Å²) in [5.74, 6) is 1.12. The number of carbonyl (C=O) groups is 2. The van der Waals surface area contributed by atoms with Crippen molar-refractivity contribution in [1.29, 1.82) is 0 Å². The maximum atomic E-state index is 12.5. The molecule has 1 aliphatic heterocycles. The highest BCUT2D eigenvalue weighted by molar-refractivity contribution is 5.81. The van der Waals surface area contributed by atoms with E-state index < -0.39 is 0 Å². The molecule has 0 aromatic carbocycles. The number of likely N-dealkylation sites (N-methyl/N-ethyl adjacent to an activating group) is 1. The molecule has 0 radical (unpaired) electrons. The van der Waals surface area contributed by atoms with Crippen LogP contribution in [0.3, 0.4) is 0 Å². The van der Waals surface area contributed by atoms with Gasteiger partial charge in [0.05, 0.1) is 6.54 Å². The molecule has 0 N–H and O–H groups in total. The van der Waals surface area contributed by atoms with Crippen LogP contribution in [-0.4, -0.2) is 72.8 Å². The molecule has 5 nitrogen and oxygen atoms in total. The average molecular weight is 338 g/mol. The fraction of sp³-hybridized carbons (Fsp3) is 0.895. The van der Waals surface area contributed by atoms with Gasteiger partial charge in [0, 0.05) is 45.2 Å². The first-order valence-corrected chi connectivity index (χ1v) is 9.53. The molecule has 1 saturated heterocycles. The van der Waals surface area contributed by atoms with Crippen molar-refractivity contribution in [3.63, 3.8) is 0 Å². The van der Waals surface area contributed by atoms with Crippen LogP contribution in [0.15, 0.2) is 0 Å². The lowest BCUT2D eigenvalue weighted by Crippen LogP contribution is -2.53. The molecule has 0 aromatic heterocycles. The molecule has 2 fully saturated rings. The summed E-state index contributed by atoms with van der Waals surface area (Å²) in [6.45, 7) is 10.3. The first-order valence-electron chi connectivity index (χ1n) is 9.53. The van der Waals surface area contributed by atoms with Gasteiger partial charge in [0.1, 0.15) is 0 Å². The quantitative estimate of drug-likeness (QED) is 0.790. The first kappa shape index (κ1) is 19.2. The summed E-state index contributed by atoms with van der Waals surface area (Å²) >= 11 is 0. The van der Waals surface area contributed by atoms with Crippen LogP contribution in [0.5, 0.6) is 0 Å². The van der Waals surface area contributed by atoms with E-state index in [1.54, 1.807) is 0 Å². The van der Waals surface area contributed by atoms with Crippen LogP contribution in [0.25, 0.3) is 0 Å². The summed E-state index contributed by atoms with van der Waals surface area (Å²) in [6.07, 6.45) is 6.52. The van der Waals surface area contributed by atoms with Gasteiger partial charge in [-0.25, -0.2) is 0 Å². The normalized spacial score (nSPS) is 20.9. The Kier molecular flexibility index (Phi) is 6.67. The Balaban J connectivity index is 1.72. The molecule has 0 unspecified atom stereocenters. The third-order valence-corrected chi connectivity index (χ3v) is 5.34. The molecule has 2 aliphatic rings. The van der Waals surface area contributed by atoms with E-state index in [-0.39, 0.29) is 17.2 Å². The molecule has 2 amide bonds. The molecule has 0 aromatic rings. The third-order valence-electron chi connectivity index (χ3n) is 5.34. The Hall–Kier alpha value is -1.10. The van der Waals surface area contributed by atoms with Crippen LogP contribution in [0.2, 0.25) is 0 Å². The highest BCUT2D eigenvalue weighted by Crippen LogP contribution is 2.24. The number of rotatable bonds is 4. The van der Waals surface area contributed by atoms with Crippen molar-refractivity contribution in [2.45, 2.75) is 52.9 Å². The second-order valence-corrected chi connectivity index (χ2v) is 8.60. The van der Waals surface area contributed by atoms with Crippen LogP contribution in [0.4, 0.5) is 0 Å². The van der Waals surface area contributed by atoms with E-state index in [1.165, 1.54) is 32.1 Å². The van der Waals surface area contributed by atoms with Crippen LogP contribution in [0.1, 0.15) is 52.9 Å². The van der Waals surface area contributed by atoms with Crippen molar-refractivity contribution in [3.8, 4) is 0 Å². The number of piperazine rings is 1. The van der Waals surface area contributed by atoms with Crippen molar-refractivity contribution in [3.05, 3.63) is 0 Å². The standard InChI is InChI=1S/C19H35N3O2/c1-19(2,3)18(24)22-12-10-21(11-13-22)15-17(23)20(4)14-16-8-6-5-7-9-16/h16H,5-15H2,1-4H3. The van der Waals surface area contributed by atoms with Gasteiger partial charge in [0.2, 0.25) is 11.8 Å². The molecule has 0 atom stereocenters. The SMILES string of the molecule is CN(CC1CCCCC1)C(=O)CN1CCN(C(=O)C(C)(C)C)CC1. The minimum atomic E-state index is -0.321. The number of hydrogen-bond donors (Lipinski definition) is 0. The average Bonchev–Trinajstić information content (AvgIpc) is 2.55. The van der Waals surface area contributed by atoms with Gasteiger partial charge in [-0.2, -0.15) is 0 Å². The third kappa shape index (κ3) is 5.47. The van der Waals surface area contributed by atoms with Crippen LogP contribution < -0.4 is 0 Å². The van der Waals surface area contributed by atoms with Crippen molar-refractivity contribution in [1.82, 2.24) is 14.7 Å². The number of hydrogen-bond acceptors (Lipinski definition) is 3. The zero-order chi connectivity index (χ0) is 17.7. The molecular formula is C19H35N3O2. The Morgan fingerprint density at radius 3 is 2.12 bits per heavy atom. The fourth-order valence-corrected chi connectivity index (χ4v) is 3.75. The monoisotopic (exact) mass is 337 g/mol. The van der Waals surface area contributed by atoms with E-state index in [0.29, 0.717) is 12.5 Å². The summed E-state index contributed by atoms with van der Waals surface area (Å²) in [7, 11) is 1.94.